The van der Waals surface area contributed by atoms with Gasteiger partial charge in [-0.3, -0.25) is 4.18 Å². The molecule has 118 valence electrons. The molecule has 2 rings (SSSR count). The van der Waals surface area contributed by atoms with Gasteiger partial charge in [-0.15, -0.1) is 0 Å². The molecule has 1 aliphatic rings. The Bertz CT molecular complexity index is 631. The normalized spacial score (nSPS) is 18.3. The van der Waals surface area contributed by atoms with Gasteiger partial charge in [0.2, 0.25) is 0 Å². The van der Waals surface area contributed by atoms with Gasteiger partial charge < -0.3 is 0 Å². The molecule has 1 saturated carbocycles. The van der Waals surface area contributed by atoms with Crippen LogP contribution in [-0.4, -0.2) is 21.3 Å². The highest BCUT2D eigenvalue weighted by atomic mass is 32.2. The molecule has 0 amide bonds. The molecule has 0 saturated heterocycles. The molecular formula is C14H17F3O3S. The van der Waals surface area contributed by atoms with Crippen molar-refractivity contribution in [3.8, 4) is 0 Å². The number of benzene rings is 1. The molecule has 0 aliphatic heterocycles. The Labute approximate surface area is 122 Å². The van der Waals surface area contributed by atoms with E-state index in [0.717, 1.165) is 24.8 Å². The van der Waals surface area contributed by atoms with E-state index in [1.54, 1.807) is 13.0 Å². The first-order chi connectivity index (χ1) is 9.52. The minimum Gasteiger partial charge on any atom is -0.269 e. The van der Waals surface area contributed by atoms with Crippen LogP contribution >= 0.6 is 0 Å². The third-order valence-electron chi connectivity index (χ3n) is 3.88. The average Bonchev–Trinajstić information content (AvgIpc) is 2.24. The standard InChI is InChI=1S/C14H17F3O3S/c1-10-6-11(8-12(7-10)14(15,16)17)13(4-3-5-13)9-20-21(2,18)19/h6-8H,3-5,9H2,1-2H3. The zero-order valence-electron chi connectivity index (χ0n) is 11.8. The quantitative estimate of drug-likeness (QED) is 0.798. The third-order valence-corrected chi connectivity index (χ3v) is 4.42. The second-order valence-corrected chi connectivity index (χ2v) is 7.33. The van der Waals surface area contributed by atoms with Gasteiger partial charge in [-0.2, -0.15) is 21.6 Å². The number of rotatable bonds is 4. The first-order valence-electron chi connectivity index (χ1n) is 6.56. The van der Waals surface area contributed by atoms with Crippen LogP contribution in [0.4, 0.5) is 13.2 Å². The maximum Gasteiger partial charge on any atom is 0.416 e. The molecule has 1 aliphatic carbocycles. The molecule has 3 nitrogen and oxygen atoms in total. The Morgan fingerprint density at radius 2 is 1.86 bits per heavy atom. The summed E-state index contributed by atoms with van der Waals surface area (Å²) in [5, 5.41) is 0. The molecule has 1 fully saturated rings. The lowest BCUT2D eigenvalue weighted by atomic mass is 9.64. The molecule has 21 heavy (non-hydrogen) atoms. The van der Waals surface area contributed by atoms with Crippen molar-refractivity contribution in [3.05, 3.63) is 34.9 Å². The number of aryl methyl sites for hydroxylation is 1. The van der Waals surface area contributed by atoms with Crippen LogP contribution in [-0.2, 0) is 25.9 Å². The van der Waals surface area contributed by atoms with Crippen molar-refractivity contribution in [2.24, 2.45) is 0 Å². The summed E-state index contributed by atoms with van der Waals surface area (Å²) in [5.74, 6) is 0. The highest BCUT2D eigenvalue weighted by molar-refractivity contribution is 7.85. The van der Waals surface area contributed by atoms with E-state index in [1.165, 1.54) is 0 Å². The van der Waals surface area contributed by atoms with Gasteiger partial charge in [0.1, 0.15) is 0 Å². The summed E-state index contributed by atoms with van der Waals surface area (Å²) in [4.78, 5) is 0. The highest BCUT2D eigenvalue weighted by Crippen LogP contribution is 2.45. The van der Waals surface area contributed by atoms with Crippen LogP contribution in [0.5, 0.6) is 0 Å². The fourth-order valence-corrected chi connectivity index (χ4v) is 3.03. The largest absolute Gasteiger partial charge is 0.416 e. The number of alkyl halides is 3. The molecular weight excluding hydrogens is 305 g/mol. The topological polar surface area (TPSA) is 43.4 Å². The minimum atomic E-state index is -4.41. The molecule has 0 aromatic heterocycles. The van der Waals surface area contributed by atoms with Crippen LogP contribution in [0.2, 0.25) is 0 Å². The molecule has 1 aromatic rings. The van der Waals surface area contributed by atoms with E-state index < -0.39 is 27.3 Å². The Morgan fingerprint density at radius 3 is 2.29 bits per heavy atom. The molecule has 0 N–H and O–H groups in total. The Hall–Kier alpha value is -1.08. The van der Waals surface area contributed by atoms with E-state index >= 15 is 0 Å². The molecule has 0 radical (unpaired) electrons. The summed E-state index contributed by atoms with van der Waals surface area (Å²) in [6.07, 6.45) is -1.37. The van der Waals surface area contributed by atoms with Gasteiger partial charge in [-0.1, -0.05) is 18.1 Å². The van der Waals surface area contributed by atoms with E-state index in [4.69, 9.17) is 4.18 Å². The Balaban J connectivity index is 2.36. The molecule has 0 spiro atoms. The van der Waals surface area contributed by atoms with Crippen molar-refractivity contribution < 1.29 is 25.8 Å². The van der Waals surface area contributed by atoms with E-state index in [1.807, 2.05) is 0 Å². The molecule has 1 aromatic carbocycles. The van der Waals surface area contributed by atoms with Crippen molar-refractivity contribution in [2.75, 3.05) is 12.9 Å². The molecule has 0 unspecified atom stereocenters. The monoisotopic (exact) mass is 322 g/mol. The van der Waals surface area contributed by atoms with Crippen LogP contribution in [0.1, 0.15) is 36.0 Å². The lowest BCUT2D eigenvalue weighted by Gasteiger charge is -2.42. The van der Waals surface area contributed by atoms with Gasteiger partial charge >= 0.3 is 6.18 Å². The van der Waals surface area contributed by atoms with Gasteiger partial charge in [-0.25, -0.2) is 0 Å². The molecule has 7 heteroatoms. The Kier molecular flexibility index (Phi) is 4.10. The number of hydrogen-bond donors (Lipinski definition) is 0. The molecule has 0 bridgehead atoms. The first-order valence-corrected chi connectivity index (χ1v) is 8.37. The number of hydrogen-bond acceptors (Lipinski definition) is 3. The van der Waals surface area contributed by atoms with Crippen LogP contribution in [0.3, 0.4) is 0 Å². The maximum atomic E-state index is 12.9. The van der Waals surface area contributed by atoms with Crippen LogP contribution in [0.25, 0.3) is 0 Å². The predicted molar refractivity (Wildman–Crippen MR) is 72.5 cm³/mol. The summed E-state index contributed by atoms with van der Waals surface area (Å²) in [6, 6.07) is 3.88. The van der Waals surface area contributed by atoms with Crippen LogP contribution < -0.4 is 0 Å². The van der Waals surface area contributed by atoms with Crippen molar-refractivity contribution in [3.63, 3.8) is 0 Å². The summed E-state index contributed by atoms with van der Waals surface area (Å²) in [6.45, 7) is 1.50. The van der Waals surface area contributed by atoms with E-state index in [9.17, 15) is 21.6 Å². The summed E-state index contributed by atoms with van der Waals surface area (Å²) in [5.41, 5.74) is -0.326. The van der Waals surface area contributed by atoms with E-state index in [0.29, 0.717) is 24.0 Å². The minimum absolute atomic E-state index is 0.105. The average molecular weight is 322 g/mol. The van der Waals surface area contributed by atoms with Gasteiger partial charge in [0.05, 0.1) is 18.4 Å². The SMILES string of the molecule is Cc1cc(C(F)(F)F)cc(C2(COS(C)(=O)=O)CCC2)c1. The van der Waals surface area contributed by atoms with Crippen molar-refractivity contribution >= 4 is 10.1 Å². The van der Waals surface area contributed by atoms with Gasteiger partial charge in [0.25, 0.3) is 10.1 Å². The van der Waals surface area contributed by atoms with Crippen molar-refractivity contribution in [1.29, 1.82) is 0 Å². The van der Waals surface area contributed by atoms with E-state index in [2.05, 4.69) is 0 Å². The van der Waals surface area contributed by atoms with Crippen LogP contribution in [0.15, 0.2) is 18.2 Å². The van der Waals surface area contributed by atoms with Crippen molar-refractivity contribution in [2.45, 2.75) is 37.8 Å². The predicted octanol–water partition coefficient (Wildman–Crippen LogP) is 3.41. The van der Waals surface area contributed by atoms with Crippen LogP contribution in [0, 0.1) is 6.92 Å². The van der Waals surface area contributed by atoms with Gasteiger partial charge in [-0.05, 0) is 37.5 Å². The summed E-state index contributed by atoms with van der Waals surface area (Å²) in [7, 11) is -3.61. The number of halogens is 3. The summed E-state index contributed by atoms with van der Waals surface area (Å²) < 4.78 is 65.8. The highest BCUT2D eigenvalue weighted by Gasteiger charge is 2.41. The van der Waals surface area contributed by atoms with Crippen molar-refractivity contribution in [1.82, 2.24) is 0 Å². The first kappa shape index (κ1) is 16.3. The molecule has 0 heterocycles. The molecule has 0 atom stereocenters. The second kappa shape index (κ2) is 5.28. The second-order valence-electron chi connectivity index (χ2n) is 5.69. The maximum absolute atomic E-state index is 12.9. The summed E-state index contributed by atoms with van der Waals surface area (Å²) >= 11 is 0. The fraction of sp³-hybridized carbons (Fsp3) is 0.571. The van der Waals surface area contributed by atoms with Gasteiger partial charge in [0, 0.05) is 5.41 Å². The zero-order chi connectivity index (χ0) is 15.9. The smallest absolute Gasteiger partial charge is 0.269 e. The fourth-order valence-electron chi connectivity index (χ4n) is 2.59. The van der Waals surface area contributed by atoms with Gasteiger partial charge in [0.15, 0.2) is 0 Å². The lowest BCUT2D eigenvalue weighted by Crippen LogP contribution is -2.40. The van der Waals surface area contributed by atoms with E-state index in [-0.39, 0.29) is 6.61 Å². The lowest BCUT2D eigenvalue weighted by molar-refractivity contribution is -0.137. The third kappa shape index (κ3) is 3.77. The zero-order valence-corrected chi connectivity index (χ0v) is 12.6. The Morgan fingerprint density at radius 1 is 1.24 bits per heavy atom.